The summed E-state index contributed by atoms with van der Waals surface area (Å²) in [5.74, 6) is -0.822. The average Bonchev–Trinajstić information content (AvgIpc) is 2.38. The quantitative estimate of drug-likeness (QED) is 0.563. The standard InChI is InChI=1S/C13H10ClF4N2OP/c1-6-3-9(8(15)4-7(6)14)20-11(22)5-10(13(16,17)18)19(2)12(20)21/h3-5,22H,1-2H3. The molecule has 2 aromatic rings. The number of aryl methyl sites for hydroxylation is 1. The maximum atomic E-state index is 14.0. The fourth-order valence-electron chi connectivity index (χ4n) is 1.97. The molecule has 118 valence electrons. The Kier molecular flexibility index (Phi) is 4.24. The number of benzene rings is 1. The van der Waals surface area contributed by atoms with Crippen LogP contribution in [0.2, 0.25) is 5.02 Å². The summed E-state index contributed by atoms with van der Waals surface area (Å²) in [5, 5.41) is -0.0721. The first-order valence-electron chi connectivity index (χ1n) is 5.95. The van der Waals surface area contributed by atoms with Crippen LogP contribution in [0.5, 0.6) is 0 Å². The molecule has 1 heterocycles. The molecule has 9 heteroatoms. The molecule has 0 atom stereocenters. The number of aromatic nitrogens is 2. The molecule has 0 spiro atoms. The van der Waals surface area contributed by atoms with Gasteiger partial charge >= 0.3 is 11.9 Å². The molecular weight excluding hydrogens is 343 g/mol. The second-order valence-electron chi connectivity index (χ2n) is 4.64. The number of alkyl halides is 3. The van der Waals surface area contributed by atoms with E-state index in [4.69, 9.17) is 11.6 Å². The zero-order chi connectivity index (χ0) is 16.8. The highest BCUT2D eigenvalue weighted by molar-refractivity contribution is 7.06. The first kappa shape index (κ1) is 16.8. The summed E-state index contributed by atoms with van der Waals surface area (Å²) >= 11 is 5.78. The van der Waals surface area contributed by atoms with Crippen molar-refractivity contribution < 1.29 is 17.6 Å². The molecule has 0 aliphatic heterocycles. The largest absolute Gasteiger partial charge is 0.431 e. The number of rotatable bonds is 1. The van der Waals surface area contributed by atoms with E-state index in [9.17, 15) is 22.4 Å². The van der Waals surface area contributed by atoms with Crippen LogP contribution in [-0.2, 0) is 13.2 Å². The molecule has 3 nitrogen and oxygen atoms in total. The fraction of sp³-hybridized carbons (Fsp3) is 0.231. The Bertz CT molecular complexity index is 870. The number of hydrogen-bond acceptors (Lipinski definition) is 1. The summed E-state index contributed by atoms with van der Waals surface area (Å²) in [5.41, 5.74) is -1.90. The van der Waals surface area contributed by atoms with Crippen molar-refractivity contribution in [2.24, 2.45) is 7.05 Å². The van der Waals surface area contributed by atoms with Gasteiger partial charge in [-0.2, -0.15) is 13.2 Å². The minimum Gasteiger partial charge on any atom is -0.292 e. The zero-order valence-corrected chi connectivity index (χ0v) is 13.2. The Morgan fingerprint density at radius 3 is 2.36 bits per heavy atom. The Labute approximate surface area is 129 Å². The van der Waals surface area contributed by atoms with E-state index in [2.05, 4.69) is 8.86 Å². The van der Waals surface area contributed by atoms with Gasteiger partial charge in [-0.3, -0.25) is 9.13 Å². The monoisotopic (exact) mass is 352 g/mol. The van der Waals surface area contributed by atoms with Crippen LogP contribution in [0.1, 0.15) is 11.3 Å². The van der Waals surface area contributed by atoms with Gasteiger partial charge < -0.3 is 0 Å². The van der Waals surface area contributed by atoms with Crippen LogP contribution in [0.4, 0.5) is 17.6 Å². The topological polar surface area (TPSA) is 26.9 Å². The summed E-state index contributed by atoms with van der Waals surface area (Å²) in [6.45, 7) is 1.59. The predicted molar refractivity (Wildman–Crippen MR) is 77.3 cm³/mol. The molecular formula is C13H10ClF4N2OP. The molecule has 0 saturated carbocycles. The highest BCUT2D eigenvalue weighted by atomic mass is 35.5. The Balaban J connectivity index is 2.85. The van der Waals surface area contributed by atoms with Gasteiger partial charge in [0.05, 0.1) is 10.8 Å². The molecule has 0 bridgehead atoms. The molecule has 2 rings (SSSR count). The molecule has 22 heavy (non-hydrogen) atoms. The Hall–Kier alpha value is -1.59. The minimum absolute atomic E-state index is 0.154. The first-order chi connectivity index (χ1) is 10.0. The van der Waals surface area contributed by atoms with E-state index in [0.717, 1.165) is 17.7 Å². The summed E-state index contributed by atoms with van der Waals surface area (Å²) in [6.07, 6.45) is -4.71. The second kappa shape index (κ2) is 5.56. The van der Waals surface area contributed by atoms with Gasteiger partial charge in [-0.25, -0.2) is 9.18 Å². The van der Waals surface area contributed by atoms with E-state index in [1.165, 1.54) is 6.07 Å². The van der Waals surface area contributed by atoms with Crippen LogP contribution in [0.3, 0.4) is 0 Å². The highest BCUT2D eigenvalue weighted by Gasteiger charge is 2.34. The van der Waals surface area contributed by atoms with Crippen LogP contribution < -0.4 is 5.69 Å². The van der Waals surface area contributed by atoms with Gasteiger partial charge in [-0.05, 0) is 30.7 Å². The van der Waals surface area contributed by atoms with E-state index >= 15 is 0 Å². The van der Waals surface area contributed by atoms with Gasteiger partial charge in [0.15, 0.2) is 0 Å². The van der Waals surface area contributed by atoms with Gasteiger partial charge in [0.1, 0.15) is 11.5 Å². The van der Waals surface area contributed by atoms with Crippen molar-refractivity contribution in [3.8, 4) is 5.69 Å². The van der Waals surface area contributed by atoms with Crippen molar-refractivity contribution in [2.45, 2.75) is 13.1 Å². The van der Waals surface area contributed by atoms with Gasteiger partial charge in [-0.1, -0.05) is 20.5 Å². The molecule has 0 saturated heterocycles. The second-order valence-corrected chi connectivity index (χ2v) is 5.56. The van der Waals surface area contributed by atoms with Gasteiger partial charge in [0.25, 0.3) is 0 Å². The van der Waals surface area contributed by atoms with Crippen molar-refractivity contribution in [3.63, 3.8) is 0 Å². The fourth-order valence-corrected chi connectivity index (χ4v) is 2.47. The number of nitrogens with zero attached hydrogens (tertiary/aromatic N) is 2. The third-order valence-corrected chi connectivity index (χ3v) is 3.89. The highest BCUT2D eigenvalue weighted by Crippen LogP contribution is 2.29. The summed E-state index contributed by atoms with van der Waals surface area (Å²) in [6, 6.07) is 3.00. The molecule has 0 amide bonds. The van der Waals surface area contributed by atoms with Crippen molar-refractivity contribution in [1.82, 2.24) is 9.13 Å². The van der Waals surface area contributed by atoms with Gasteiger partial charge in [0.2, 0.25) is 0 Å². The van der Waals surface area contributed by atoms with Crippen LogP contribution in [0.15, 0.2) is 23.0 Å². The van der Waals surface area contributed by atoms with Crippen LogP contribution in [-0.4, -0.2) is 9.13 Å². The predicted octanol–water partition coefficient (Wildman–Crippen LogP) is 3.97. The smallest absolute Gasteiger partial charge is 0.292 e. The number of hydrogen-bond donors (Lipinski definition) is 0. The lowest BCUT2D eigenvalue weighted by Gasteiger charge is -2.16. The lowest BCUT2D eigenvalue weighted by molar-refractivity contribution is -0.144. The maximum absolute atomic E-state index is 14.0. The lowest BCUT2D eigenvalue weighted by atomic mass is 10.2. The average molecular weight is 353 g/mol. The van der Waals surface area contributed by atoms with E-state index in [0.29, 0.717) is 16.2 Å². The number of halogens is 5. The van der Waals surface area contributed by atoms with Crippen molar-refractivity contribution in [2.75, 3.05) is 0 Å². The summed E-state index contributed by atoms with van der Waals surface area (Å²) in [4.78, 5) is 12.2. The molecule has 0 N–H and O–H groups in total. The Morgan fingerprint density at radius 2 is 1.82 bits per heavy atom. The minimum atomic E-state index is -4.71. The summed E-state index contributed by atoms with van der Waals surface area (Å²) in [7, 11) is 3.91. The molecule has 0 unspecified atom stereocenters. The molecule has 0 aliphatic rings. The van der Waals surface area contributed by atoms with Crippen LogP contribution in [0.25, 0.3) is 5.69 Å². The van der Waals surface area contributed by atoms with Crippen molar-refractivity contribution in [1.29, 1.82) is 0 Å². The lowest BCUT2D eigenvalue weighted by Crippen LogP contribution is -2.33. The van der Waals surface area contributed by atoms with Gasteiger partial charge in [-0.15, -0.1) is 0 Å². The zero-order valence-electron chi connectivity index (χ0n) is 11.4. The van der Waals surface area contributed by atoms with Gasteiger partial charge in [0, 0.05) is 12.1 Å². The molecule has 1 aromatic carbocycles. The van der Waals surface area contributed by atoms with Crippen LogP contribution in [0, 0.1) is 17.8 Å². The van der Waals surface area contributed by atoms with E-state index < -0.39 is 23.4 Å². The summed E-state index contributed by atoms with van der Waals surface area (Å²) < 4.78 is 53.8. The normalized spacial score (nSPS) is 11.8. The molecule has 0 fully saturated rings. The molecule has 0 radical (unpaired) electrons. The first-order valence-corrected chi connectivity index (χ1v) is 6.82. The maximum Gasteiger partial charge on any atom is 0.431 e. The molecule has 1 aromatic heterocycles. The van der Waals surface area contributed by atoms with Crippen molar-refractivity contribution in [3.05, 3.63) is 55.9 Å². The Morgan fingerprint density at radius 1 is 1.23 bits per heavy atom. The third kappa shape index (κ3) is 2.83. The van der Waals surface area contributed by atoms with Crippen LogP contribution >= 0.6 is 20.5 Å². The van der Waals surface area contributed by atoms with Crippen molar-refractivity contribution >= 4 is 20.5 Å². The van der Waals surface area contributed by atoms with E-state index in [-0.39, 0.29) is 15.8 Å². The third-order valence-electron chi connectivity index (χ3n) is 3.11. The molecule has 0 aliphatic carbocycles. The SMILES string of the molecule is Cc1cc(-n2c(=P)cc(C(F)(F)F)n(C)c2=O)c(F)cc1Cl. The van der Waals surface area contributed by atoms with E-state index in [1.807, 2.05) is 0 Å². The van der Waals surface area contributed by atoms with E-state index in [1.54, 1.807) is 6.92 Å².